The van der Waals surface area contributed by atoms with E-state index in [-0.39, 0.29) is 24.7 Å². The smallest absolute Gasteiger partial charge is 0.310 e. The zero-order chi connectivity index (χ0) is 19.8. The van der Waals surface area contributed by atoms with Crippen LogP contribution in [0, 0.1) is 0 Å². The van der Waals surface area contributed by atoms with E-state index in [4.69, 9.17) is 27.9 Å². The molecule has 2 rings (SSSR count). The number of Topliss-reactive ketones (excluding diaryl/α,β-unsaturated/α-hetero) is 1. The molecule has 0 aliphatic heterocycles. The Balaban J connectivity index is 1.82. The van der Waals surface area contributed by atoms with Gasteiger partial charge in [0, 0.05) is 29.1 Å². The van der Waals surface area contributed by atoms with E-state index in [2.05, 4.69) is 5.32 Å². The van der Waals surface area contributed by atoms with E-state index in [9.17, 15) is 14.4 Å². The van der Waals surface area contributed by atoms with Crippen LogP contribution < -0.4 is 5.32 Å². The highest BCUT2D eigenvalue weighted by atomic mass is 35.5. The third-order valence-corrected chi connectivity index (χ3v) is 4.36. The molecule has 0 bridgehead atoms. The molecule has 0 heterocycles. The second-order valence-corrected chi connectivity index (χ2v) is 6.77. The molecule has 0 radical (unpaired) electrons. The summed E-state index contributed by atoms with van der Waals surface area (Å²) in [5.74, 6) is -0.915. The number of hydrogen-bond acceptors (Lipinski definition) is 4. The average molecular weight is 408 g/mol. The number of halogens is 2. The molecule has 0 spiro atoms. The van der Waals surface area contributed by atoms with E-state index in [1.807, 2.05) is 12.1 Å². The van der Waals surface area contributed by atoms with Gasteiger partial charge in [0.05, 0.1) is 6.42 Å². The van der Waals surface area contributed by atoms with Crippen molar-refractivity contribution in [2.24, 2.45) is 0 Å². The summed E-state index contributed by atoms with van der Waals surface area (Å²) in [5.41, 5.74) is 2.03. The van der Waals surface area contributed by atoms with Crippen molar-refractivity contribution in [3.05, 3.63) is 69.2 Å². The van der Waals surface area contributed by atoms with Crippen molar-refractivity contribution in [1.29, 1.82) is 0 Å². The molecule has 0 atom stereocenters. The van der Waals surface area contributed by atoms with Gasteiger partial charge in [0.15, 0.2) is 12.4 Å². The van der Waals surface area contributed by atoms with Crippen LogP contribution in [0.25, 0.3) is 0 Å². The maximum atomic E-state index is 12.2. The molecule has 0 fully saturated rings. The van der Waals surface area contributed by atoms with E-state index in [1.165, 1.54) is 6.92 Å². The van der Waals surface area contributed by atoms with Crippen LogP contribution in [0.1, 0.15) is 28.4 Å². The molecule has 2 aromatic carbocycles. The van der Waals surface area contributed by atoms with Crippen LogP contribution in [-0.4, -0.2) is 30.8 Å². The van der Waals surface area contributed by atoms with Crippen molar-refractivity contribution in [2.75, 3.05) is 13.2 Å². The van der Waals surface area contributed by atoms with E-state index in [0.29, 0.717) is 34.1 Å². The van der Waals surface area contributed by atoms with Crippen LogP contribution in [-0.2, 0) is 27.2 Å². The first kappa shape index (κ1) is 20.9. The molecule has 0 aromatic heterocycles. The van der Waals surface area contributed by atoms with Crippen LogP contribution in [0.3, 0.4) is 0 Å². The molecule has 0 unspecified atom stereocenters. The van der Waals surface area contributed by atoms with Crippen molar-refractivity contribution < 1.29 is 19.1 Å². The molecule has 1 amide bonds. The minimum atomic E-state index is -0.542. The predicted octanol–water partition coefficient (Wildman–Crippen LogP) is 3.64. The van der Waals surface area contributed by atoms with E-state index in [1.54, 1.807) is 30.3 Å². The first-order chi connectivity index (χ1) is 12.8. The van der Waals surface area contributed by atoms with Gasteiger partial charge >= 0.3 is 5.97 Å². The molecule has 0 aliphatic rings. The zero-order valence-corrected chi connectivity index (χ0v) is 16.3. The van der Waals surface area contributed by atoms with Crippen LogP contribution in [0.15, 0.2) is 42.5 Å². The maximum absolute atomic E-state index is 12.2. The Morgan fingerprint density at radius 3 is 2.37 bits per heavy atom. The number of esters is 1. The zero-order valence-electron chi connectivity index (χ0n) is 14.8. The molecule has 27 heavy (non-hydrogen) atoms. The van der Waals surface area contributed by atoms with Crippen LogP contribution >= 0.6 is 23.2 Å². The first-order valence-corrected chi connectivity index (χ1v) is 9.07. The SMILES string of the molecule is CC(=O)NCCc1ccc(C(=O)COC(=O)Cc2ccc(Cl)cc2Cl)cc1. The number of carbonyl (C=O) groups is 3. The average Bonchev–Trinajstić information content (AvgIpc) is 2.62. The Labute approximate surface area is 167 Å². The summed E-state index contributed by atoms with van der Waals surface area (Å²) in [6, 6.07) is 11.8. The molecule has 0 saturated heterocycles. The minimum Gasteiger partial charge on any atom is -0.457 e. The van der Waals surface area contributed by atoms with Gasteiger partial charge in [0.25, 0.3) is 0 Å². The fourth-order valence-corrected chi connectivity index (χ4v) is 2.82. The fraction of sp³-hybridized carbons (Fsp3) is 0.250. The number of ether oxygens (including phenoxy) is 1. The molecule has 5 nitrogen and oxygen atoms in total. The quantitative estimate of drug-likeness (QED) is 0.535. The summed E-state index contributed by atoms with van der Waals surface area (Å²) < 4.78 is 5.04. The lowest BCUT2D eigenvalue weighted by Gasteiger charge is -2.07. The highest BCUT2D eigenvalue weighted by Crippen LogP contribution is 2.21. The number of ketones is 1. The highest BCUT2D eigenvalue weighted by molar-refractivity contribution is 6.35. The predicted molar refractivity (Wildman–Crippen MR) is 104 cm³/mol. The second-order valence-electron chi connectivity index (χ2n) is 5.93. The molecule has 142 valence electrons. The third-order valence-electron chi connectivity index (χ3n) is 3.78. The molecule has 2 aromatic rings. The molecule has 7 heteroatoms. The topological polar surface area (TPSA) is 72.5 Å². The summed E-state index contributed by atoms with van der Waals surface area (Å²) >= 11 is 11.8. The Hall–Kier alpha value is -2.37. The van der Waals surface area contributed by atoms with Gasteiger partial charge in [-0.25, -0.2) is 0 Å². The Bertz CT molecular complexity index is 834. The lowest BCUT2D eigenvalue weighted by atomic mass is 10.1. The molecular formula is C20H19Cl2NO4. The molecule has 0 aliphatic carbocycles. The number of amides is 1. The van der Waals surface area contributed by atoms with Crippen LogP contribution in [0.5, 0.6) is 0 Å². The van der Waals surface area contributed by atoms with Crippen molar-refractivity contribution in [3.8, 4) is 0 Å². The van der Waals surface area contributed by atoms with Crippen molar-refractivity contribution >= 4 is 40.9 Å². The standard InChI is InChI=1S/C20H19Cl2NO4/c1-13(24)23-9-8-14-2-4-15(5-3-14)19(25)12-27-20(26)10-16-6-7-17(21)11-18(16)22/h2-7,11H,8-10,12H2,1H3,(H,23,24). The first-order valence-electron chi connectivity index (χ1n) is 8.31. The third kappa shape index (κ3) is 7.04. The van der Waals surface area contributed by atoms with Gasteiger partial charge in [-0.3, -0.25) is 14.4 Å². The number of nitrogens with one attached hydrogen (secondary N) is 1. The van der Waals surface area contributed by atoms with Gasteiger partial charge in [0.2, 0.25) is 5.91 Å². The molecular weight excluding hydrogens is 389 g/mol. The lowest BCUT2D eigenvalue weighted by Crippen LogP contribution is -2.22. The maximum Gasteiger partial charge on any atom is 0.310 e. The van der Waals surface area contributed by atoms with Gasteiger partial charge in [0.1, 0.15) is 0 Å². The monoisotopic (exact) mass is 407 g/mol. The van der Waals surface area contributed by atoms with Crippen molar-refractivity contribution in [2.45, 2.75) is 19.8 Å². The number of benzene rings is 2. The normalized spacial score (nSPS) is 10.3. The number of hydrogen-bond donors (Lipinski definition) is 1. The Morgan fingerprint density at radius 1 is 1.04 bits per heavy atom. The number of rotatable bonds is 8. The van der Waals surface area contributed by atoms with Gasteiger partial charge in [-0.05, 0) is 29.7 Å². The van der Waals surface area contributed by atoms with E-state index >= 15 is 0 Å². The van der Waals surface area contributed by atoms with Gasteiger partial charge in [-0.1, -0.05) is 53.5 Å². The Morgan fingerprint density at radius 2 is 1.74 bits per heavy atom. The summed E-state index contributed by atoms with van der Waals surface area (Å²) in [4.78, 5) is 34.9. The van der Waals surface area contributed by atoms with E-state index < -0.39 is 5.97 Å². The molecule has 0 saturated carbocycles. The summed E-state index contributed by atoms with van der Waals surface area (Å²) in [5, 5.41) is 3.57. The van der Waals surface area contributed by atoms with Crippen LogP contribution in [0.2, 0.25) is 10.0 Å². The van der Waals surface area contributed by atoms with Gasteiger partial charge in [-0.15, -0.1) is 0 Å². The van der Waals surface area contributed by atoms with Crippen molar-refractivity contribution in [3.63, 3.8) is 0 Å². The molecule has 1 N–H and O–H groups in total. The summed E-state index contributed by atoms with van der Waals surface area (Å²) in [7, 11) is 0. The lowest BCUT2D eigenvalue weighted by molar-refractivity contribution is -0.141. The number of carbonyl (C=O) groups excluding carboxylic acids is 3. The van der Waals surface area contributed by atoms with Gasteiger partial charge in [-0.2, -0.15) is 0 Å². The van der Waals surface area contributed by atoms with Gasteiger partial charge < -0.3 is 10.1 Å². The van der Waals surface area contributed by atoms with Crippen molar-refractivity contribution in [1.82, 2.24) is 5.32 Å². The summed E-state index contributed by atoms with van der Waals surface area (Å²) in [6.07, 6.45) is 0.635. The fourth-order valence-electron chi connectivity index (χ4n) is 2.34. The second kappa shape index (κ2) is 10.1. The largest absolute Gasteiger partial charge is 0.457 e. The van der Waals surface area contributed by atoms with Crippen LogP contribution in [0.4, 0.5) is 0 Å². The highest BCUT2D eigenvalue weighted by Gasteiger charge is 2.12. The minimum absolute atomic E-state index is 0.0363. The van der Waals surface area contributed by atoms with E-state index in [0.717, 1.165) is 5.56 Å². The Kier molecular flexibility index (Phi) is 7.82. The summed E-state index contributed by atoms with van der Waals surface area (Å²) in [6.45, 7) is 1.66.